The maximum absolute atomic E-state index is 12.8. The topological polar surface area (TPSA) is 61.8 Å². The molecule has 0 aromatic rings. The maximum atomic E-state index is 12.8. The van der Waals surface area contributed by atoms with Crippen molar-refractivity contribution in [2.75, 3.05) is 19.8 Å². The van der Waals surface area contributed by atoms with Crippen molar-refractivity contribution < 1.29 is 23.8 Å². The second kappa shape index (κ2) is 56.0. The third kappa shape index (κ3) is 53.3. The molecule has 0 aliphatic heterocycles. The van der Waals surface area contributed by atoms with Crippen LogP contribution in [0.2, 0.25) is 0 Å². The summed E-state index contributed by atoms with van der Waals surface area (Å²) in [6.45, 7) is 7.90. The van der Waals surface area contributed by atoms with Crippen LogP contribution < -0.4 is 0 Å². The Hall–Kier alpha value is -1.36. The first kappa shape index (κ1) is 62.6. The van der Waals surface area contributed by atoms with E-state index in [2.05, 4.69) is 32.9 Å². The molecule has 0 heterocycles. The van der Waals surface area contributed by atoms with Gasteiger partial charge in [0.05, 0.1) is 6.61 Å². The monoisotopic (exact) mass is 903 g/mol. The number of carbonyl (C=O) groups excluding carboxylic acids is 2. The van der Waals surface area contributed by atoms with Crippen molar-refractivity contribution in [1.29, 1.82) is 0 Å². The molecule has 64 heavy (non-hydrogen) atoms. The van der Waals surface area contributed by atoms with Gasteiger partial charge in [0.1, 0.15) is 6.61 Å². The molecule has 1 atom stereocenters. The molecule has 0 aromatic heterocycles. The minimum Gasteiger partial charge on any atom is -0.462 e. The van der Waals surface area contributed by atoms with E-state index in [9.17, 15) is 9.59 Å². The fraction of sp³-hybridized carbons (Fsp3) is 0.932. The Kier molecular flexibility index (Phi) is 54.8. The number of carbonyl (C=O) groups is 2. The molecule has 0 rings (SSSR count). The minimum absolute atomic E-state index is 0.0936. The third-order valence-corrected chi connectivity index (χ3v) is 13.3. The average Bonchev–Trinajstić information content (AvgIpc) is 3.30. The van der Waals surface area contributed by atoms with E-state index in [1.54, 1.807) is 0 Å². The molecule has 0 aliphatic rings. The summed E-state index contributed by atoms with van der Waals surface area (Å²) < 4.78 is 17.5. The molecule has 0 amide bonds. The summed E-state index contributed by atoms with van der Waals surface area (Å²) in [6, 6.07) is 0. The van der Waals surface area contributed by atoms with Crippen molar-refractivity contribution in [3.8, 4) is 0 Å². The van der Waals surface area contributed by atoms with Crippen LogP contribution in [0, 0.1) is 0 Å². The molecular weight excluding hydrogens is 789 g/mol. The van der Waals surface area contributed by atoms with Crippen molar-refractivity contribution in [3.05, 3.63) is 12.2 Å². The van der Waals surface area contributed by atoms with Gasteiger partial charge in [0.25, 0.3) is 0 Å². The Morgan fingerprint density at radius 2 is 0.609 bits per heavy atom. The SMILES string of the molecule is CCCCCCCC/C=C\CCCCCCCCCC(=O)OC(COCCCCCCCCCCCCCC)COC(=O)CCCCCCCCCCCCCCCCCCCCC. The summed E-state index contributed by atoms with van der Waals surface area (Å²) in [5.41, 5.74) is 0. The first-order valence-electron chi connectivity index (χ1n) is 29.2. The van der Waals surface area contributed by atoms with E-state index >= 15 is 0 Å². The van der Waals surface area contributed by atoms with E-state index in [0.29, 0.717) is 26.1 Å². The van der Waals surface area contributed by atoms with Crippen LogP contribution in [0.5, 0.6) is 0 Å². The first-order valence-corrected chi connectivity index (χ1v) is 29.2. The van der Waals surface area contributed by atoms with Crippen molar-refractivity contribution >= 4 is 11.9 Å². The molecule has 0 saturated heterocycles. The zero-order valence-electron chi connectivity index (χ0n) is 43.8. The van der Waals surface area contributed by atoms with E-state index in [-0.39, 0.29) is 18.5 Å². The first-order chi connectivity index (χ1) is 31.6. The molecule has 0 fully saturated rings. The van der Waals surface area contributed by atoms with Gasteiger partial charge in [-0.05, 0) is 44.9 Å². The fourth-order valence-corrected chi connectivity index (χ4v) is 8.92. The lowest BCUT2D eigenvalue weighted by Gasteiger charge is -2.18. The minimum atomic E-state index is -0.529. The Morgan fingerprint density at radius 3 is 0.953 bits per heavy atom. The van der Waals surface area contributed by atoms with Crippen LogP contribution in [-0.2, 0) is 23.8 Å². The predicted octanol–water partition coefficient (Wildman–Crippen LogP) is 19.8. The Bertz CT molecular complexity index is 932. The molecule has 5 heteroatoms. The lowest BCUT2D eigenvalue weighted by atomic mass is 10.0. The summed E-state index contributed by atoms with van der Waals surface area (Å²) in [6.07, 6.45) is 65.2. The quantitative estimate of drug-likeness (QED) is 0.0346. The van der Waals surface area contributed by atoms with E-state index in [1.165, 1.54) is 263 Å². The molecule has 0 aromatic carbocycles. The van der Waals surface area contributed by atoms with Crippen molar-refractivity contribution in [3.63, 3.8) is 0 Å². The second-order valence-corrected chi connectivity index (χ2v) is 19.9. The molecule has 380 valence electrons. The second-order valence-electron chi connectivity index (χ2n) is 19.9. The lowest BCUT2D eigenvalue weighted by Crippen LogP contribution is -2.30. The van der Waals surface area contributed by atoms with Gasteiger partial charge in [-0.3, -0.25) is 9.59 Å². The Morgan fingerprint density at radius 1 is 0.328 bits per heavy atom. The molecule has 0 radical (unpaired) electrons. The number of ether oxygens (including phenoxy) is 3. The van der Waals surface area contributed by atoms with Gasteiger partial charge >= 0.3 is 11.9 Å². The van der Waals surface area contributed by atoms with Crippen LogP contribution in [-0.4, -0.2) is 37.9 Å². The van der Waals surface area contributed by atoms with Crippen LogP contribution in [0.25, 0.3) is 0 Å². The number of hydrogen-bond acceptors (Lipinski definition) is 5. The van der Waals surface area contributed by atoms with Crippen molar-refractivity contribution in [1.82, 2.24) is 0 Å². The number of unbranched alkanes of at least 4 members (excludes halogenated alkanes) is 42. The highest BCUT2D eigenvalue weighted by molar-refractivity contribution is 5.70. The summed E-state index contributed by atoms with van der Waals surface area (Å²) in [5.74, 6) is -0.375. The van der Waals surface area contributed by atoms with Gasteiger partial charge in [-0.15, -0.1) is 0 Å². The van der Waals surface area contributed by atoms with Crippen LogP contribution in [0.1, 0.15) is 329 Å². The van der Waals surface area contributed by atoms with Crippen LogP contribution >= 0.6 is 0 Å². The van der Waals surface area contributed by atoms with Gasteiger partial charge in [-0.1, -0.05) is 283 Å². The summed E-state index contributed by atoms with van der Waals surface area (Å²) in [7, 11) is 0. The van der Waals surface area contributed by atoms with Gasteiger partial charge in [0.2, 0.25) is 0 Å². The molecular formula is C59H114O5. The zero-order chi connectivity index (χ0) is 46.3. The molecule has 0 bridgehead atoms. The van der Waals surface area contributed by atoms with E-state index < -0.39 is 6.10 Å². The molecule has 0 spiro atoms. The summed E-state index contributed by atoms with van der Waals surface area (Å²) in [5, 5.41) is 0. The van der Waals surface area contributed by atoms with Gasteiger partial charge in [-0.25, -0.2) is 0 Å². The highest BCUT2D eigenvalue weighted by Gasteiger charge is 2.17. The zero-order valence-corrected chi connectivity index (χ0v) is 43.8. The van der Waals surface area contributed by atoms with Crippen LogP contribution in [0.4, 0.5) is 0 Å². The fourth-order valence-electron chi connectivity index (χ4n) is 8.92. The number of hydrogen-bond donors (Lipinski definition) is 0. The average molecular weight is 904 g/mol. The van der Waals surface area contributed by atoms with Gasteiger partial charge in [0, 0.05) is 19.4 Å². The van der Waals surface area contributed by atoms with Gasteiger partial charge in [-0.2, -0.15) is 0 Å². The highest BCUT2D eigenvalue weighted by Crippen LogP contribution is 2.17. The van der Waals surface area contributed by atoms with E-state index in [0.717, 1.165) is 32.1 Å². The number of allylic oxidation sites excluding steroid dienone is 2. The molecule has 0 aliphatic carbocycles. The summed E-state index contributed by atoms with van der Waals surface area (Å²) in [4.78, 5) is 25.5. The van der Waals surface area contributed by atoms with Crippen LogP contribution in [0.15, 0.2) is 12.2 Å². The standard InChI is InChI=1S/C59H114O5/c1-4-7-10-13-16-19-22-25-27-29-30-32-33-35-37-40-43-46-49-52-58(60)63-56-57(55-62-54-51-48-45-42-39-24-21-18-15-12-9-6-3)64-59(61)53-50-47-44-41-38-36-34-31-28-26-23-20-17-14-11-8-5-2/h26,28,57H,4-25,27,29-56H2,1-3H3/b28-26-. The van der Waals surface area contributed by atoms with E-state index in [4.69, 9.17) is 14.2 Å². The highest BCUT2D eigenvalue weighted by atomic mass is 16.6. The Labute approximate surface area is 401 Å². The molecule has 0 N–H and O–H groups in total. The van der Waals surface area contributed by atoms with E-state index in [1.807, 2.05) is 0 Å². The third-order valence-electron chi connectivity index (χ3n) is 13.3. The maximum Gasteiger partial charge on any atom is 0.306 e. The lowest BCUT2D eigenvalue weighted by molar-refractivity contribution is -0.163. The van der Waals surface area contributed by atoms with Crippen LogP contribution in [0.3, 0.4) is 0 Å². The van der Waals surface area contributed by atoms with Crippen molar-refractivity contribution in [2.45, 2.75) is 335 Å². The Balaban J connectivity index is 4.16. The smallest absolute Gasteiger partial charge is 0.306 e. The molecule has 1 unspecified atom stereocenters. The largest absolute Gasteiger partial charge is 0.462 e. The number of esters is 2. The number of rotatable bonds is 55. The van der Waals surface area contributed by atoms with Crippen molar-refractivity contribution in [2.24, 2.45) is 0 Å². The van der Waals surface area contributed by atoms with Gasteiger partial charge < -0.3 is 14.2 Å². The molecule has 5 nitrogen and oxygen atoms in total. The summed E-state index contributed by atoms with van der Waals surface area (Å²) >= 11 is 0. The van der Waals surface area contributed by atoms with Gasteiger partial charge in [0.15, 0.2) is 6.10 Å². The molecule has 0 saturated carbocycles. The predicted molar refractivity (Wildman–Crippen MR) is 279 cm³/mol. The normalized spacial score (nSPS) is 12.1.